The average molecular weight is 376 g/mol. The molecule has 1 aromatic carbocycles. The molecule has 1 saturated carbocycles. The van der Waals surface area contributed by atoms with Crippen LogP contribution in [0.25, 0.3) is 0 Å². The molecule has 0 spiro atoms. The van der Waals surface area contributed by atoms with E-state index in [1.807, 2.05) is 4.90 Å². The Labute approximate surface area is 160 Å². The summed E-state index contributed by atoms with van der Waals surface area (Å²) in [5.41, 5.74) is 6.43. The zero-order valence-corrected chi connectivity index (χ0v) is 16.0. The summed E-state index contributed by atoms with van der Waals surface area (Å²) in [6.45, 7) is 2.48. The molecule has 5 nitrogen and oxygen atoms in total. The van der Waals surface area contributed by atoms with Gasteiger partial charge in [0.15, 0.2) is 6.54 Å². The van der Waals surface area contributed by atoms with Crippen LogP contribution in [-0.2, 0) is 16.1 Å². The van der Waals surface area contributed by atoms with Crippen molar-refractivity contribution in [1.82, 2.24) is 4.90 Å². The predicted octanol–water partition coefficient (Wildman–Crippen LogP) is 1.27. The number of carbonyl (C=O) groups is 2. The lowest BCUT2D eigenvalue weighted by Crippen LogP contribution is -3.15. The number of carbonyl (C=O) groups excluding carboxylic acids is 2. The number of hydrogen-bond acceptors (Lipinski definition) is 2. The maximum absolute atomic E-state index is 13.2. The minimum absolute atomic E-state index is 0.123. The molecule has 2 fully saturated rings. The van der Waals surface area contributed by atoms with Crippen LogP contribution in [0.1, 0.15) is 50.5 Å². The molecule has 1 aliphatic carbocycles. The first kappa shape index (κ1) is 19.8. The predicted molar refractivity (Wildman–Crippen MR) is 101 cm³/mol. The molecule has 1 unspecified atom stereocenters. The van der Waals surface area contributed by atoms with Crippen molar-refractivity contribution in [2.24, 2.45) is 11.7 Å². The number of benzene rings is 1. The van der Waals surface area contributed by atoms with E-state index in [2.05, 4.69) is 0 Å². The van der Waals surface area contributed by atoms with Crippen molar-refractivity contribution in [2.75, 3.05) is 19.6 Å². The Balaban J connectivity index is 1.68. The fraction of sp³-hybridized carbons (Fsp3) is 0.619. The lowest BCUT2D eigenvalue weighted by molar-refractivity contribution is -0.899. The number of halogens is 1. The molecule has 27 heavy (non-hydrogen) atoms. The van der Waals surface area contributed by atoms with Gasteiger partial charge in [0.05, 0.1) is 19.0 Å². The van der Waals surface area contributed by atoms with Gasteiger partial charge in [0, 0.05) is 12.6 Å². The van der Waals surface area contributed by atoms with Gasteiger partial charge in [-0.05, 0) is 43.4 Å². The van der Waals surface area contributed by atoms with Crippen LogP contribution in [0.4, 0.5) is 4.39 Å². The van der Waals surface area contributed by atoms with Crippen molar-refractivity contribution < 1.29 is 18.9 Å². The molecule has 3 N–H and O–H groups in total. The first-order valence-electron chi connectivity index (χ1n) is 10.2. The van der Waals surface area contributed by atoms with Crippen molar-refractivity contribution in [3.63, 3.8) is 0 Å². The normalized spacial score (nSPS) is 23.7. The van der Waals surface area contributed by atoms with Crippen LogP contribution in [0.2, 0.25) is 0 Å². The molecular formula is C21H31FN3O2+. The molecule has 3 rings (SSSR count). The van der Waals surface area contributed by atoms with Crippen LogP contribution in [0, 0.1) is 11.7 Å². The van der Waals surface area contributed by atoms with Crippen LogP contribution in [0.5, 0.6) is 0 Å². The van der Waals surface area contributed by atoms with E-state index in [9.17, 15) is 14.0 Å². The molecule has 1 heterocycles. The standard InChI is InChI=1S/C21H30FN3O2/c22-18-10-8-16(9-11-18)13-25(19-6-2-1-3-7-19)20(26)15-24-12-4-5-17(14-24)21(23)27/h8-11,17,19H,1-7,12-15H2,(H2,23,27)/p+1/t17-/m0/s1. The third-order valence-corrected chi connectivity index (χ3v) is 6.02. The molecule has 1 saturated heterocycles. The molecule has 1 aliphatic heterocycles. The second-order valence-corrected chi connectivity index (χ2v) is 8.06. The minimum atomic E-state index is -0.260. The Bertz CT molecular complexity index is 643. The highest BCUT2D eigenvalue weighted by Gasteiger charge is 2.32. The number of nitrogens with two attached hydrogens (primary N) is 1. The fourth-order valence-electron chi connectivity index (χ4n) is 4.47. The number of primary amides is 1. The number of amides is 2. The molecule has 0 aromatic heterocycles. The third kappa shape index (κ3) is 5.51. The molecule has 0 bridgehead atoms. The van der Waals surface area contributed by atoms with Crippen LogP contribution in [0.15, 0.2) is 24.3 Å². The summed E-state index contributed by atoms with van der Waals surface area (Å²) in [7, 11) is 0. The highest BCUT2D eigenvalue weighted by atomic mass is 19.1. The van der Waals surface area contributed by atoms with E-state index in [-0.39, 0.29) is 29.6 Å². The number of rotatable bonds is 6. The van der Waals surface area contributed by atoms with E-state index in [1.165, 1.54) is 18.6 Å². The molecule has 2 aliphatic rings. The lowest BCUT2D eigenvalue weighted by atomic mass is 9.93. The smallest absolute Gasteiger partial charge is 0.278 e. The van der Waals surface area contributed by atoms with Crippen molar-refractivity contribution in [3.05, 3.63) is 35.6 Å². The summed E-state index contributed by atoms with van der Waals surface area (Å²) in [4.78, 5) is 27.8. The second kappa shape index (κ2) is 9.31. The maximum atomic E-state index is 13.2. The number of nitrogens with one attached hydrogen (secondary N) is 1. The molecule has 2 atom stereocenters. The van der Waals surface area contributed by atoms with Gasteiger partial charge < -0.3 is 15.5 Å². The van der Waals surface area contributed by atoms with Gasteiger partial charge in [-0.1, -0.05) is 31.4 Å². The van der Waals surface area contributed by atoms with Gasteiger partial charge in [-0.25, -0.2) is 4.39 Å². The first-order valence-corrected chi connectivity index (χ1v) is 10.2. The zero-order chi connectivity index (χ0) is 19.2. The van der Waals surface area contributed by atoms with E-state index in [0.29, 0.717) is 19.6 Å². The number of hydrogen-bond donors (Lipinski definition) is 2. The van der Waals surface area contributed by atoms with Crippen molar-refractivity contribution in [2.45, 2.75) is 57.5 Å². The molecule has 148 valence electrons. The quantitative estimate of drug-likeness (QED) is 0.785. The van der Waals surface area contributed by atoms with Crippen LogP contribution in [-0.4, -0.2) is 42.4 Å². The van der Waals surface area contributed by atoms with Gasteiger partial charge >= 0.3 is 0 Å². The van der Waals surface area contributed by atoms with E-state index in [0.717, 1.165) is 55.5 Å². The molecule has 2 amide bonds. The largest absolute Gasteiger partial charge is 0.369 e. The second-order valence-electron chi connectivity index (χ2n) is 8.06. The van der Waals surface area contributed by atoms with Crippen molar-refractivity contribution in [1.29, 1.82) is 0 Å². The maximum Gasteiger partial charge on any atom is 0.278 e. The highest BCUT2D eigenvalue weighted by molar-refractivity contribution is 5.78. The van der Waals surface area contributed by atoms with Gasteiger partial charge in [-0.2, -0.15) is 0 Å². The summed E-state index contributed by atoms with van der Waals surface area (Å²) in [5, 5.41) is 0. The molecular weight excluding hydrogens is 345 g/mol. The highest BCUT2D eigenvalue weighted by Crippen LogP contribution is 2.24. The van der Waals surface area contributed by atoms with Gasteiger partial charge in [0.25, 0.3) is 5.91 Å². The number of likely N-dealkylation sites (tertiary alicyclic amines) is 1. The van der Waals surface area contributed by atoms with Crippen molar-refractivity contribution in [3.8, 4) is 0 Å². The number of piperidine rings is 1. The van der Waals surface area contributed by atoms with Gasteiger partial charge in [0.2, 0.25) is 5.91 Å². The fourth-order valence-corrected chi connectivity index (χ4v) is 4.47. The Morgan fingerprint density at radius 3 is 2.44 bits per heavy atom. The topological polar surface area (TPSA) is 67.8 Å². The SMILES string of the molecule is NC(=O)[C@H]1CCC[NH+](CC(=O)N(Cc2ccc(F)cc2)C2CCCCC2)C1. The Hall–Kier alpha value is -1.95. The third-order valence-electron chi connectivity index (χ3n) is 6.02. The van der Waals surface area contributed by atoms with E-state index >= 15 is 0 Å². The minimum Gasteiger partial charge on any atom is -0.369 e. The average Bonchev–Trinajstić information content (AvgIpc) is 2.68. The summed E-state index contributed by atoms with van der Waals surface area (Å²) in [6, 6.07) is 6.68. The number of quaternary nitrogens is 1. The van der Waals surface area contributed by atoms with Gasteiger partial charge in [-0.3, -0.25) is 9.59 Å². The summed E-state index contributed by atoms with van der Waals surface area (Å²) >= 11 is 0. The van der Waals surface area contributed by atoms with Crippen LogP contribution < -0.4 is 10.6 Å². The van der Waals surface area contributed by atoms with E-state index in [4.69, 9.17) is 5.73 Å². The Kier molecular flexibility index (Phi) is 6.83. The van der Waals surface area contributed by atoms with Crippen LogP contribution >= 0.6 is 0 Å². The Morgan fingerprint density at radius 1 is 1.07 bits per heavy atom. The molecule has 0 radical (unpaired) electrons. The number of nitrogens with zero attached hydrogens (tertiary/aromatic N) is 1. The summed E-state index contributed by atoms with van der Waals surface area (Å²) < 4.78 is 13.2. The van der Waals surface area contributed by atoms with E-state index in [1.54, 1.807) is 12.1 Å². The van der Waals surface area contributed by atoms with Crippen molar-refractivity contribution >= 4 is 11.8 Å². The summed E-state index contributed by atoms with van der Waals surface area (Å²) in [6.07, 6.45) is 7.36. The first-order chi connectivity index (χ1) is 13.0. The monoisotopic (exact) mass is 376 g/mol. The zero-order valence-electron chi connectivity index (χ0n) is 16.0. The summed E-state index contributed by atoms with van der Waals surface area (Å²) in [5.74, 6) is -0.507. The molecule has 1 aromatic rings. The van der Waals surface area contributed by atoms with E-state index < -0.39 is 0 Å². The molecule has 6 heteroatoms. The Morgan fingerprint density at radius 2 is 1.78 bits per heavy atom. The van der Waals surface area contributed by atoms with Gasteiger partial charge in [-0.15, -0.1) is 0 Å². The lowest BCUT2D eigenvalue weighted by Gasteiger charge is -2.36. The van der Waals surface area contributed by atoms with Gasteiger partial charge in [0.1, 0.15) is 5.82 Å². The van der Waals surface area contributed by atoms with Crippen LogP contribution in [0.3, 0.4) is 0 Å².